The molecule has 23 heavy (non-hydrogen) atoms. The summed E-state index contributed by atoms with van der Waals surface area (Å²) in [5.41, 5.74) is 0.951. The third-order valence-electron chi connectivity index (χ3n) is 4.11. The number of hydrogen-bond donors (Lipinski definition) is 1. The van der Waals surface area contributed by atoms with Gasteiger partial charge >= 0.3 is 0 Å². The second-order valence-corrected chi connectivity index (χ2v) is 8.71. The van der Waals surface area contributed by atoms with Crippen molar-refractivity contribution in [2.75, 3.05) is 6.54 Å². The molecule has 3 rings (SSSR count). The Bertz CT molecular complexity index is 831. The van der Waals surface area contributed by atoms with Crippen LogP contribution in [0.1, 0.15) is 18.4 Å². The second kappa shape index (κ2) is 6.26. The Labute approximate surface area is 150 Å². The van der Waals surface area contributed by atoms with Crippen LogP contribution in [-0.2, 0) is 15.4 Å². The van der Waals surface area contributed by atoms with Crippen LogP contribution in [0.4, 0.5) is 0 Å². The van der Waals surface area contributed by atoms with E-state index >= 15 is 0 Å². The fraction of sp³-hybridized carbons (Fsp3) is 0.250. The molecule has 1 fully saturated rings. The zero-order valence-corrected chi connectivity index (χ0v) is 15.1. The molecular weight excluding hydrogens is 377 g/mol. The molecule has 7 heteroatoms. The summed E-state index contributed by atoms with van der Waals surface area (Å²) >= 11 is 17.6. The van der Waals surface area contributed by atoms with Crippen molar-refractivity contribution in [1.29, 1.82) is 0 Å². The van der Waals surface area contributed by atoms with E-state index in [1.165, 1.54) is 18.2 Å². The normalized spacial score (nSPS) is 16.3. The Morgan fingerprint density at radius 1 is 0.957 bits per heavy atom. The maximum Gasteiger partial charge on any atom is 0.240 e. The number of sulfonamides is 1. The number of rotatable bonds is 5. The topological polar surface area (TPSA) is 46.2 Å². The van der Waals surface area contributed by atoms with Gasteiger partial charge in [-0.2, -0.15) is 0 Å². The Kier molecular flexibility index (Phi) is 4.64. The molecule has 0 radical (unpaired) electrons. The lowest BCUT2D eigenvalue weighted by Gasteiger charge is -2.17. The van der Waals surface area contributed by atoms with Crippen LogP contribution in [0.25, 0.3) is 0 Å². The number of halogens is 3. The zero-order valence-electron chi connectivity index (χ0n) is 12.0. The Morgan fingerprint density at radius 3 is 2.17 bits per heavy atom. The minimum absolute atomic E-state index is 0.110. The van der Waals surface area contributed by atoms with E-state index < -0.39 is 10.0 Å². The van der Waals surface area contributed by atoms with Gasteiger partial charge in [-0.05, 0) is 48.7 Å². The van der Waals surface area contributed by atoms with Gasteiger partial charge in [0.2, 0.25) is 10.0 Å². The summed E-state index contributed by atoms with van der Waals surface area (Å²) in [7, 11) is -3.63. The van der Waals surface area contributed by atoms with Crippen molar-refractivity contribution in [2.45, 2.75) is 23.2 Å². The smallest absolute Gasteiger partial charge is 0.210 e. The van der Waals surface area contributed by atoms with E-state index in [0.29, 0.717) is 16.6 Å². The quantitative estimate of drug-likeness (QED) is 0.807. The molecule has 2 aromatic carbocycles. The molecule has 122 valence electrons. The lowest BCUT2D eigenvalue weighted by molar-refractivity contribution is 0.567. The summed E-state index contributed by atoms with van der Waals surface area (Å²) in [5.74, 6) is 0. The molecule has 3 nitrogen and oxygen atoms in total. The molecule has 0 heterocycles. The first kappa shape index (κ1) is 17.1. The van der Waals surface area contributed by atoms with Crippen molar-refractivity contribution in [3.63, 3.8) is 0 Å². The van der Waals surface area contributed by atoms with Gasteiger partial charge in [-0.25, -0.2) is 13.1 Å². The van der Waals surface area contributed by atoms with Gasteiger partial charge < -0.3 is 0 Å². The number of nitrogens with one attached hydrogen (secondary N) is 1. The van der Waals surface area contributed by atoms with Crippen molar-refractivity contribution < 1.29 is 8.42 Å². The fourth-order valence-corrected chi connectivity index (χ4v) is 4.12. The molecule has 0 unspecified atom stereocenters. The molecule has 1 N–H and O–H groups in total. The van der Waals surface area contributed by atoms with E-state index in [0.717, 1.165) is 18.4 Å². The van der Waals surface area contributed by atoms with Gasteiger partial charge in [0.15, 0.2) is 0 Å². The zero-order chi connectivity index (χ0) is 16.7. The van der Waals surface area contributed by atoms with E-state index in [-0.39, 0.29) is 15.3 Å². The lowest BCUT2D eigenvalue weighted by Crippen LogP contribution is -2.32. The van der Waals surface area contributed by atoms with Crippen LogP contribution < -0.4 is 4.72 Å². The molecule has 2 aromatic rings. The van der Waals surface area contributed by atoms with Gasteiger partial charge in [-0.1, -0.05) is 46.9 Å². The number of benzene rings is 2. The Balaban J connectivity index is 1.76. The molecule has 0 amide bonds. The molecule has 0 aliphatic heterocycles. The van der Waals surface area contributed by atoms with Gasteiger partial charge in [0.25, 0.3) is 0 Å². The van der Waals surface area contributed by atoms with Crippen molar-refractivity contribution in [1.82, 2.24) is 4.72 Å². The van der Waals surface area contributed by atoms with Gasteiger partial charge in [0.05, 0.1) is 14.9 Å². The molecule has 0 bridgehead atoms. The van der Waals surface area contributed by atoms with E-state index in [1.54, 1.807) is 0 Å². The van der Waals surface area contributed by atoms with Gasteiger partial charge in [0.1, 0.15) is 0 Å². The maximum atomic E-state index is 12.4. The molecule has 1 aliphatic carbocycles. The highest BCUT2D eigenvalue weighted by Gasteiger charge is 2.44. The fourth-order valence-electron chi connectivity index (χ4n) is 2.48. The summed E-state index contributed by atoms with van der Waals surface area (Å²) in [4.78, 5) is 0.110. The number of hydrogen-bond acceptors (Lipinski definition) is 2. The molecule has 0 saturated heterocycles. The molecule has 1 saturated carbocycles. The van der Waals surface area contributed by atoms with Crippen molar-refractivity contribution in [3.8, 4) is 0 Å². The molecular formula is C16H14Cl3NO2S. The standard InChI is InChI=1S/C16H14Cl3NO2S/c17-12-3-1-11(2-4-12)16(7-8-16)10-20-23(21,22)13-5-6-14(18)15(19)9-13/h1-6,9,20H,7-8,10H2. The third-order valence-corrected chi connectivity index (χ3v) is 6.50. The highest BCUT2D eigenvalue weighted by atomic mass is 35.5. The van der Waals surface area contributed by atoms with Crippen LogP contribution >= 0.6 is 34.8 Å². The van der Waals surface area contributed by atoms with Crippen LogP contribution in [0.2, 0.25) is 15.1 Å². The predicted molar refractivity (Wildman–Crippen MR) is 94.0 cm³/mol. The minimum atomic E-state index is -3.63. The second-order valence-electron chi connectivity index (χ2n) is 5.69. The third kappa shape index (κ3) is 3.67. The summed E-state index contributed by atoms with van der Waals surface area (Å²) in [6, 6.07) is 11.8. The van der Waals surface area contributed by atoms with Crippen LogP contribution in [0.5, 0.6) is 0 Å². The van der Waals surface area contributed by atoms with E-state index in [4.69, 9.17) is 34.8 Å². The average Bonchev–Trinajstić information content (AvgIpc) is 3.30. The largest absolute Gasteiger partial charge is 0.240 e. The van der Waals surface area contributed by atoms with E-state index in [9.17, 15) is 8.42 Å². The Hall–Kier alpha value is -0.780. The van der Waals surface area contributed by atoms with Crippen molar-refractivity contribution in [2.24, 2.45) is 0 Å². The van der Waals surface area contributed by atoms with Crippen molar-refractivity contribution >= 4 is 44.8 Å². The highest BCUT2D eigenvalue weighted by molar-refractivity contribution is 7.89. The van der Waals surface area contributed by atoms with Gasteiger partial charge in [-0.3, -0.25) is 0 Å². The SMILES string of the molecule is O=S(=O)(NCC1(c2ccc(Cl)cc2)CC1)c1ccc(Cl)c(Cl)c1. The molecule has 0 aromatic heterocycles. The lowest BCUT2D eigenvalue weighted by atomic mass is 9.96. The summed E-state index contributed by atoms with van der Waals surface area (Å²) < 4.78 is 27.5. The first-order valence-corrected chi connectivity index (χ1v) is 9.65. The molecule has 0 spiro atoms. The van der Waals surface area contributed by atoms with Crippen LogP contribution in [0.3, 0.4) is 0 Å². The summed E-state index contributed by atoms with van der Waals surface area (Å²) in [6.07, 6.45) is 1.89. The first-order valence-electron chi connectivity index (χ1n) is 7.03. The highest BCUT2D eigenvalue weighted by Crippen LogP contribution is 2.48. The monoisotopic (exact) mass is 389 g/mol. The van der Waals surface area contributed by atoms with E-state index in [1.807, 2.05) is 24.3 Å². The van der Waals surface area contributed by atoms with Crippen molar-refractivity contribution in [3.05, 3.63) is 63.1 Å². The van der Waals surface area contributed by atoms with Crippen LogP contribution in [-0.4, -0.2) is 15.0 Å². The summed E-state index contributed by atoms with van der Waals surface area (Å²) in [6.45, 7) is 0.344. The van der Waals surface area contributed by atoms with E-state index in [2.05, 4.69) is 4.72 Å². The molecule has 0 atom stereocenters. The minimum Gasteiger partial charge on any atom is -0.210 e. The Morgan fingerprint density at radius 2 is 1.61 bits per heavy atom. The van der Waals surface area contributed by atoms with Crippen LogP contribution in [0, 0.1) is 0 Å². The average molecular weight is 391 g/mol. The van der Waals surface area contributed by atoms with Gasteiger partial charge in [-0.15, -0.1) is 0 Å². The van der Waals surface area contributed by atoms with Gasteiger partial charge in [0, 0.05) is 17.0 Å². The first-order chi connectivity index (χ1) is 10.8. The van der Waals surface area contributed by atoms with Crippen LogP contribution in [0.15, 0.2) is 47.4 Å². The summed E-state index contributed by atoms with van der Waals surface area (Å²) in [5, 5.41) is 1.21. The predicted octanol–water partition coefficient (Wildman–Crippen LogP) is 4.66. The molecule has 1 aliphatic rings. The maximum absolute atomic E-state index is 12.4.